The van der Waals surface area contributed by atoms with Crippen LogP contribution >= 0.6 is 23.4 Å². The number of carbonyl (C=O) groups is 3. The van der Waals surface area contributed by atoms with Gasteiger partial charge in [0.1, 0.15) is 23.2 Å². The fourth-order valence-corrected chi connectivity index (χ4v) is 3.92. The molecule has 1 aromatic rings. The van der Waals surface area contributed by atoms with E-state index in [0.29, 0.717) is 0 Å². The number of β-lactam (4-membered cyclic amide) rings is 1. The molecule has 0 unspecified atom stereocenters. The molecule has 2 aliphatic heterocycles. The van der Waals surface area contributed by atoms with Gasteiger partial charge in [0.2, 0.25) is 5.91 Å². The summed E-state index contributed by atoms with van der Waals surface area (Å²) in [7, 11) is 0. The van der Waals surface area contributed by atoms with E-state index < -0.39 is 71.0 Å². The standard InChI is InChI=1S/C15H14ClN3O4S/c16-8-6-24-14-10(13(21)19(14)11(8)15(22)23)18-12(20)9(17)7-4-2-1-3-5-7/h1-5,9-10,14H,6,17H2,(H,18,20)(H,22,23)/t9-,10-,14-/m1/s1/i1D,2D,3D,4D,5D. The van der Waals surface area contributed by atoms with Gasteiger partial charge in [0.05, 0.1) is 11.9 Å². The van der Waals surface area contributed by atoms with E-state index in [-0.39, 0.29) is 16.5 Å². The topological polar surface area (TPSA) is 113 Å². The molecule has 1 fully saturated rings. The fraction of sp³-hybridized carbons (Fsp3) is 0.267. The largest absolute Gasteiger partial charge is 0.477 e. The lowest BCUT2D eigenvalue weighted by Crippen LogP contribution is -2.70. The number of hydrogen-bond acceptors (Lipinski definition) is 5. The van der Waals surface area contributed by atoms with Crippen molar-refractivity contribution >= 4 is 41.1 Å². The van der Waals surface area contributed by atoms with Crippen molar-refractivity contribution < 1.29 is 26.3 Å². The van der Waals surface area contributed by atoms with Gasteiger partial charge in [-0.05, 0) is 5.56 Å². The van der Waals surface area contributed by atoms with Crippen molar-refractivity contribution in [2.75, 3.05) is 5.75 Å². The normalized spacial score (nSPS) is 27.0. The van der Waals surface area contributed by atoms with Gasteiger partial charge >= 0.3 is 5.97 Å². The van der Waals surface area contributed by atoms with Crippen molar-refractivity contribution in [1.82, 2.24) is 10.2 Å². The molecule has 1 aromatic carbocycles. The average molecular weight is 373 g/mol. The molecule has 3 rings (SSSR count). The third-order valence-corrected chi connectivity index (χ3v) is 5.29. The second-order valence-electron chi connectivity index (χ2n) is 4.97. The number of carboxylic acids is 1. The highest BCUT2D eigenvalue weighted by atomic mass is 35.5. The Labute approximate surface area is 153 Å². The SMILES string of the molecule is [2H]c1c([2H])c([2H])c([C@@H](N)C(=O)N[C@@H]2C(=O)N3C(C(=O)O)=C(Cl)CS[C@H]23)c([2H])c1[2H]. The summed E-state index contributed by atoms with van der Waals surface area (Å²) in [4.78, 5) is 37.2. The summed E-state index contributed by atoms with van der Waals surface area (Å²) in [5, 5.41) is 10.9. The molecule has 126 valence electrons. The van der Waals surface area contributed by atoms with Crippen LogP contribution in [0.3, 0.4) is 0 Å². The molecule has 24 heavy (non-hydrogen) atoms. The van der Waals surface area contributed by atoms with Crippen molar-refractivity contribution in [2.24, 2.45) is 5.73 Å². The van der Waals surface area contributed by atoms with Gasteiger partial charge in [-0.1, -0.05) is 41.8 Å². The van der Waals surface area contributed by atoms with E-state index in [1.54, 1.807) is 0 Å². The maximum absolute atomic E-state index is 12.6. The van der Waals surface area contributed by atoms with Crippen molar-refractivity contribution in [3.05, 3.63) is 46.5 Å². The summed E-state index contributed by atoms with van der Waals surface area (Å²) < 4.78 is 38.7. The second kappa shape index (κ2) is 6.46. The molecule has 0 aromatic heterocycles. The van der Waals surface area contributed by atoms with E-state index in [0.717, 1.165) is 16.7 Å². The van der Waals surface area contributed by atoms with Gasteiger partial charge in [-0.2, -0.15) is 0 Å². The van der Waals surface area contributed by atoms with Gasteiger partial charge in [-0.25, -0.2) is 4.79 Å². The number of nitrogens with two attached hydrogens (primary N) is 1. The minimum Gasteiger partial charge on any atom is -0.477 e. The van der Waals surface area contributed by atoms with E-state index in [9.17, 15) is 19.5 Å². The predicted octanol–water partition coefficient (Wildman–Crippen LogP) is 0.621. The van der Waals surface area contributed by atoms with Crippen LogP contribution in [0.5, 0.6) is 0 Å². The quantitative estimate of drug-likeness (QED) is 0.668. The molecule has 0 bridgehead atoms. The van der Waals surface area contributed by atoms with Crippen molar-refractivity contribution in [3.8, 4) is 0 Å². The number of thioether (sulfide) groups is 1. The van der Waals surface area contributed by atoms with E-state index in [1.807, 2.05) is 0 Å². The summed E-state index contributed by atoms with van der Waals surface area (Å²) in [6, 6.07) is -5.83. The number of rotatable bonds is 4. The van der Waals surface area contributed by atoms with E-state index in [2.05, 4.69) is 5.32 Å². The third kappa shape index (κ3) is 2.77. The zero-order valence-electron chi connectivity index (χ0n) is 16.9. The zero-order valence-corrected chi connectivity index (χ0v) is 13.5. The molecule has 0 spiro atoms. The van der Waals surface area contributed by atoms with Crippen molar-refractivity contribution in [3.63, 3.8) is 0 Å². The number of nitrogens with one attached hydrogen (secondary N) is 1. The molecule has 4 N–H and O–H groups in total. The van der Waals surface area contributed by atoms with Crippen LogP contribution in [0.15, 0.2) is 40.9 Å². The van der Waals surface area contributed by atoms with Crippen LogP contribution in [-0.4, -0.2) is 45.0 Å². The Hall–Kier alpha value is -2.03. The smallest absolute Gasteiger partial charge is 0.353 e. The van der Waals surface area contributed by atoms with Crippen LogP contribution in [0, 0.1) is 0 Å². The van der Waals surface area contributed by atoms with Crippen LogP contribution in [-0.2, 0) is 14.4 Å². The van der Waals surface area contributed by atoms with Gasteiger partial charge in [0.25, 0.3) is 5.91 Å². The van der Waals surface area contributed by atoms with Crippen LogP contribution in [0.2, 0.25) is 0 Å². The minimum absolute atomic E-state index is 0.00714. The van der Waals surface area contributed by atoms with Gasteiger partial charge < -0.3 is 16.2 Å². The zero-order chi connectivity index (χ0) is 21.8. The Bertz CT molecular complexity index is 962. The molecule has 7 nitrogen and oxygen atoms in total. The van der Waals surface area contributed by atoms with Crippen LogP contribution in [0.1, 0.15) is 18.5 Å². The van der Waals surface area contributed by atoms with Crippen LogP contribution < -0.4 is 11.1 Å². The van der Waals surface area contributed by atoms with Gasteiger partial charge in [0, 0.05) is 5.75 Å². The average Bonchev–Trinajstić information content (AvgIpc) is 2.68. The molecule has 2 amide bonds. The van der Waals surface area contributed by atoms with E-state index in [1.165, 1.54) is 0 Å². The molecule has 3 atom stereocenters. The number of aliphatic carboxylic acids is 1. The number of amides is 2. The summed E-state index contributed by atoms with van der Waals surface area (Å²) >= 11 is 7.04. The first-order valence-electron chi connectivity index (χ1n) is 9.18. The number of halogens is 1. The Morgan fingerprint density at radius 2 is 2.12 bits per heavy atom. The Morgan fingerprint density at radius 3 is 2.75 bits per heavy atom. The molecular weight excluding hydrogens is 354 g/mol. The minimum atomic E-state index is -1.63. The lowest BCUT2D eigenvalue weighted by molar-refractivity contribution is -0.150. The van der Waals surface area contributed by atoms with E-state index in [4.69, 9.17) is 24.2 Å². The van der Waals surface area contributed by atoms with E-state index >= 15 is 0 Å². The Kier molecular flexibility index (Phi) is 3.10. The highest BCUT2D eigenvalue weighted by Gasteiger charge is 2.54. The number of carbonyl (C=O) groups excluding carboxylic acids is 2. The van der Waals surface area contributed by atoms with Crippen molar-refractivity contribution in [2.45, 2.75) is 17.5 Å². The highest BCUT2D eigenvalue weighted by molar-refractivity contribution is 8.00. The lowest BCUT2D eigenvalue weighted by Gasteiger charge is -2.48. The van der Waals surface area contributed by atoms with Gasteiger partial charge in [-0.15, -0.1) is 11.8 Å². The summed E-state index contributed by atoms with van der Waals surface area (Å²) in [5.74, 6) is -2.85. The summed E-state index contributed by atoms with van der Waals surface area (Å²) in [6.45, 7) is 0. The number of nitrogens with zero attached hydrogens (tertiary/aromatic N) is 1. The van der Waals surface area contributed by atoms with Crippen LogP contribution in [0.25, 0.3) is 0 Å². The number of benzene rings is 1. The highest BCUT2D eigenvalue weighted by Crippen LogP contribution is 2.41. The van der Waals surface area contributed by atoms with Gasteiger partial charge in [0.15, 0.2) is 0 Å². The Morgan fingerprint density at radius 1 is 1.46 bits per heavy atom. The maximum atomic E-state index is 12.6. The first kappa shape index (κ1) is 11.5. The van der Waals surface area contributed by atoms with Gasteiger partial charge in [-0.3, -0.25) is 14.5 Å². The molecule has 2 heterocycles. The second-order valence-corrected chi connectivity index (χ2v) is 6.53. The molecule has 9 heteroatoms. The number of carboxylic acid groups (broad SMARTS) is 1. The summed E-state index contributed by atoms with van der Waals surface area (Å²) in [5.41, 5.74) is 5.08. The monoisotopic (exact) mass is 372 g/mol. The molecule has 0 aliphatic carbocycles. The van der Waals surface area contributed by atoms with Crippen LogP contribution in [0.4, 0.5) is 0 Å². The summed E-state index contributed by atoms with van der Waals surface area (Å²) in [6.07, 6.45) is 0. The fourth-order valence-electron chi connectivity index (χ4n) is 2.37. The van der Waals surface area contributed by atoms with Crippen molar-refractivity contribution in [1.29, 1.82) is 0 Å². The predicted molar refractivity (Wildman–Crippen MR) is 88.9 cm³/mol. The number of hydrogen-bond donors (Lipinski definition) is 3. The molecule has 0 radical (unpaired) electrons. The lowest BCUT2D eigenvalue weighted by atomic mass is 10.0. The molecule has 0 saturated carbocycles. The maximum Gasteiger partial charge on any atom is 0.353 e. The third-order valence-electron chi connectivity index (χ3n) is 3.53. The molecule has 1 saturated heterocycles. The Balaban J connectivity index is 1.83. The first-order valence-corrected chi connectivity index (χ1v) is 8.11. The molecular formula is C15H14ClN3O4S. The first-order chi connectivity index (χ1) is 13.5. The number of fused-ring (bicyclic) bond motifs is 1. The molecule has 2 aliphatic rings.